The first kappa shape index (κ1) is 18.3. The molecule has 1 heterocycles. The second-order valence-electron chi connectivity index (χ2n) is 4.62. The first-order valence-corrected chi connectivity index (χ1v) is 8.23. The Labute approximate surface area is 137 Å². The van der Waals surface area contributed by atoms with E-state index in [4.69, 9.17) is 5.73 Å². The molecule has 0 radical (unpaired) electrons. The first-order valence-electron chi connectivity index (χ1n) is 6.00. The van der Waals surface area contributed by atoms with Crippen molar-refractivity contribution in [3.63, 3.8) is 0 Å². The van der Waals surface area contributed by atoms with Crippen LogP contribution >= 0.6 is 28.3 Å². The second-order valence-corrected chi connectivity index (χ2v) is 7.42. The van der Waals surface area contributed by atoms with Crippen molar-refractivity contribution < 1.29 is 13.3 Å². The van der Waals surface area contributed by atoms with Gasteiger partial charge < -0.3 is 5.73 Å². The van der Waals surface area contributed by atoms with Crippen molar-refractivity contribution in [2.45, 2.75) is 11.3 Å². The van der Waals surface area contributed by atoms with E-state index in [1.807, 2.05) is 0 Å². The normalized spacial score (nSPS) is 19.2. The van der Waals surface area contributed by atoms with E-state index >= 15 is 0 Å². The molecule has 1 unspecified atom stereocenters. The number of nitrogens with two attached hydrogens (primary N) is 1. The minimum atomic E-state index is -3.62. The van der Waals surface area contributed by atoms with Crippen LogP contribution in [0.2, 0.25) is 0 Å². The van der Waals surface area contributed by atoms with Crippen molar-refractivity contribution in [1.82, 2.24) is 4.31 Å². The lowest BCUT2D eigenvalue weighted by Gasteiger charge is -2.16. The highest BCUT2D eigenvalue weighted by molar-refractivity contribution is 9.10. The van der Waals surface area contributed by atoms with Gasteiger partial charge in [0.05, 0.1) is 14.3 Å². The van der Waals surface area contributed by atoms with Gasteiger partial charge in [-0.3, -0.25) is 10.1 Å². The van der Waals surface area contributed by atoms with Gasteiger partial charge in [-0.25, -0.2) is 8.42 Å². The summed E-state index contributed by atoms with van der Waals surface area (Å²) in [7, 11) is -3.62. The predicted octanol–water partition coefficient (Wildman–Crippen LogP) is 1.75. The predicted molar refractivity (Wildman–Crippen MR) is 84.0 cm³/mol. The number of nitro benzene ring substituents is 1. The van der Waals surface area contributed by atoms with Crippen molar-refractivity contribution in [2.75, 3.05) is 19.6 Å². The molecule has 0 aromatic heterocycles. The molecule has 21 heavy (non-hydrogen) atoms. The van der Waals surface area contributed by atoms with Gasteiger partial charge in [-0.2, -0.15) is 4.31 Å². The number of halogens is 2. The summed E-state index contributed by atoms with van der Waals surface area (Å²) in [5.74, 6) is 0.172. The molecule has 118 valence electrons. The summed E-state index contributed by atoms with van der Waals surface area (Å²) >= 11 is 3.03. The van der Waals surface area contributed by atoms with E-state index in [1.165, 1.54) is 22.5 Å². The first-order chi connectivity index (χ1) is 9.36. The lowest BCUT2D eigenvalue weighted by Crippen LogP contribution is -2.30. The Morgan fingerprint density at radius 2 is 2.14 bits per heavy atom. The lowest BCUT2D eigenvalue weighted by molar-refractivity contribution is -0.385. The topological polar surface area (TPSA) is 107 Å². The summed E-state index contributed by atoms with van der Waals surface area (Å²) in [5, 5.41) is 10.7. The summed E-state index contributed by atoms with van der Waals surface area (Å²) in [6.07, 6.45) is 0.740. The Kier molecular flexibility index (Phi) is 6.11. The van der Waals surface area contributed by atoms with E-state index in [0.29, 0.717) is 19.6 Å². The Morgan fingerprint density at radius 3 is 2.62 bits per heavy atom. The maximum absolute atomic E-state index is 12.4. The van der Waals surface area contributed by atoms with Gasteiger partial charge in [0.25, 0.3) is 5.69 Å². The second kappa shape index (κ2) is 7.01. The summed E-state index contributed by atoms with van der Waals surface area (Å²) in [4.78, 5) is 10.2. The molecule has 2 rings (SSSR count). The standard InChI is InChI=1S/C11H14BrN3O4S.ClH/c12-10-5-9(1-2-11(10)15(16)17)20(18,19)14-4-3-8(6-13)7-14;/h1-2,5,8H,3-4,6-7,13H2;1H. The molecule has 0 saturated carbocycles. The third-order valence-electron chi connectivity index (χ3n) is 3.34. The number of hydrogen-bond acceptors (Lipinski definition) is 5. The molecule has 1 saturated heterocycles. The van der Waals surface area contributed by atoms with Gasteiger partial charge in [0.15, 0.2) is 0 Å². The highest BCUT2D eigenvalue weighted by atomic mass is 79.9. The zero-order valence-electron chi connectivity index (χ0n) is 10.9. The van der Waals surface area contributed by atoms with E-state index in [1.54, 1.807) is 0 Å². The Morgan fingerprint density at radius 1 is 1.48 bits per heavy atom. The molecular weight excluding hydrogens is 386 g/mol. The summed E-state index contributed by atoms with van der Waals surface area (Å²) in [5.41, 5.74) is 5.39. The molecule has 7 nitrogen and oxygen atoms in total. The summed E-state index contributed by atoms with van der Waals surface area (Å²) in [6.45, 7) is 1.28. The van der Waals surface area contributed by atoms with Crippen molar-refractivity contribution in [3.8, 4) is 0 Å². The van der Waals surface area contributed by atoms with Crippen molar-refractivity contribution in [3.05, 3.63) is 32.8 Å². The molecule has 10 heteroatoms. The molecular formula is C11H15BrClN3O4S. The Bertz CT molecular complexity index is 640. The van der Waals surface area contributed by atoms with Crippen LogP contribution in [0.5, 0.6) is 0 Å². The zero-order valence-corrected chi connectivity index (χ0v) is 14.2. The summed E-state index contributed by atoms with van der Waals surface area (Å²) < 4.78 is 26.4. The molecule has 1 aliphatic heterocycles. The van der Waals surface area contributed by atoms with Crippen LogP contribution in [0, 0.1) is 16.0 Å². The third kappa shape index (κ3) is 3.72. The lowest BCUT2D eigenvalue weighted by atomic mass is 10.1. The fourth-order valence-electron chi connectivity index (χ4n) is 2.15. The van der Waals surface area contributed by atoms with E-state index in [0.717, 1.165) is 6.42 Å². The Balaban J connectivity index is 0.00000220. The van der Waals surface area contributed by atoms with E-state index in [2.05, 4.69) is 15.9 Å². The molecule has 1 aromatic rings. The van der Waals surface area contributed by atoms with Crippen LogP contribution < -0.4 is 5.73 Å². The number of nitro groups is 1. The Hall–Kier alpha value is -0.740. The van der Waals surface area contributed by atoms with Gasteiger partial charge in [-0.15, -0.1) is 12.4 Å². The zero-order chi connectivity index (χ0) is 14.9. The van der Waals surface area contributed by atoms with Crippen molar-refractivity contribution >= 4 is 44.0 Å². The van der Waals surface area contributed by atoms with Crippen LogP contribution in [-0.4, -0.2) is 37.3 Å². The fourth-order valence-corrected chi connectivity index (χ4v) is 4.39. The number of rotatable bonds is 4. The fraction of sp³-hybridized carbons (Fsp3) is 0.455. The quantitative estimate of drug-likeness (QED) is 0.612. The van der Waals surface area contributed by atoms with Gasteiger partial charge in [-0.1, -0.05) is 0 Å². The minimum Gasteiger partial charge on any atom is -0.330 e. The number of benzene rings is 1. The third-order valence-corrected chi connectivity index (χ3v) is 5.83. The van der Waals surface area contributed by atoms with Gasteiger partial charge in [-0.05, 0) is 46.9 Å². The van der Waals surface area contributed by atoms with E-state index < -0.39 is 14.9 Å². The van der Waals surface area contributed by atoms with Crippen molar-refractivity contribution in [1.29, 1.82) is 0 Å². The van der Waals surface area contributed by atoms with E-state index in [-0.39, 0.29) is 33.4 Å². The molecule has 1 fully saturated rings. The molecule has 0 spiro atoms. The molecule has 1 atom stereocenters. The highest BCUT2D eigenvalue weighted by Crippen LogP contribution is 2.30. The van der Waals surface area contributed by atoms with E-state index in [9.17, 15) is 18.5 Å². The van der Waals surface area contributed by atoms with Crippen LogP contribution in [0.3, 0.4) is 0 Å². The SMILES string of the molecule is Cl.NCC1CCN(S(=O)(=O)c2ccc([N+](=O)[O-])c(Br)c2)C1. The number of nitrogens with zero attached hydrogens (tertiary/aromatic N) is 2. The van der Waals surface area contributed by atoms with Gasteiger partial charge in [0.1, 0.15) is 0 Å². The van der Waals surface area contributed by atoms with Gasteiger partial charge in [0, 0.05) is 19.2 Å². The van der Waals surface area contributed by atoms with Gasteiger partial charge in [0.2, 0.25) is 10.0 Å². The molecule has 2 N–H and O–H groups in total. The minimum absolute atomic E-state index is 0. The maximum atomic E-state index is 12.4. The van der Waals surface area contributed by atoms with Crippen LogP contribution in [0.4, 0.5) is 5.69 Å². The average Bonchev–Trinajstić information content (AvgIpc) is 2.87. The molecule has 0 amide bonds. The van der Waals surface area contributed by atoms with Crippen LogP contribution in [0.15, 0.2) is 27.6 Å². The number of hydrogen-bond donors (Lipinski definition) is 1. The van der Waals surface area contributed by atoms with Gasteiger partial charge >= 0.3 is 0 Å². The molecule has 1 aromatic carbocycles. The summed E-state index contributed by atoms with van der Waals surface area (Å²) in [6, 6.07) is 3.71. The molecule has 0 bridgehead atoms. The maximum Gasteiger partial charge on any atom is 0.283 e. The smallest absolute Gasteiger partial charge is 0.283 e. The van der Waals surface area contributed by atoms with Crippen LogP contribution in [-0.2, 0) is 10.0 Å². The van der Waals surface area contributed by atoms with Crippen LogP contribution in [0.1, 0.15) is 6.42 Å². The molecule has 0 aliphatic carbocycles. The highest BCUT2D eigenvalue weighted by Gasteiger charge is 2.32. The molecule has 1 aliphatic rings. The average molecular weight is 401 g/mol. The van der Waals surface area contributed by atoms with Crippen LogP contribution in [0.25, 0.3) is 0 Å². The van der Waals surface area contributed by atoms with Crippen molar-refractivity contribution in [2.24, 2.45) is 11.7 Å². The number of sulfonamides is 1. The monoisotopic (exact) mass is 399 g/mol. The largest absolute Gasteiger partial charge is 0.330 e.